The zero-order valence-electron chi connectivity index (χ0n) is 53.1. The van der Waals surface area contributed by atoms with Gasteiger partial charge in [0, 0.05) is 93.0 Å². The van der Waals surface area contributed by atoms with Gasteiger partial charge in [-0.1, -0.05) is 81.7 Å². The molecule has 8 N–H and O–H groups in total. The number of hydrogen-bond acceptors (Lipinski definition) is 20. The van der Waals surface area contributed by atoms with Gasteiger partial charge in [0.1, 0.15) is 29.6 Å². The molecule has 91 heavy (non-hydrogen) atoms. The lowest BCUT2D eigenvalue weighted by atomic mass is 9.92. The van der Waals surface area contributed by atoms with Crippen molar-refractivity contribution in [2.45, 2.75) is 131 Å². The number of benzene rings is 4. The molecule has 0 aliphatic heterocycles. The number of aliphatic hydroxyl groups excluding tert-OH is 2. The van der Waals surface area contributed by atoms with Crippen LogP contribution in [0, 0.1) is 25.8 Å². The highest BCUT2D eigenvalue weighted by molar-refractivity contribution is 5.80. The van der Waals surface area contributed by atoms with E-state index in [9.17, 15) is 44.2 Å². The number of hydrogen-bond donors (Lipinski definition) is 7. The summed E-state index contributed by atoms with van der Waals surface area (Å²) in [5.41, 5.74) is 7.47. The molecule has 1 atom stereocenters. The Morgan fingerprint density at radius 1 is 0.747 bits per heavy atom. The molecule has 6 rings (SSSR count). The highest BCUT2D eigenvalue weighted by atomic mass is 16.6. The number of nitro benzene ring substituents is 1. The fourth-order valence-corrected chi connectivity index (χ4v) is 9.00. The summed E-state index contributed by atoms with van der Waals surface area (Å²) < 4.78 is 5.35. The molecule has 0 bridgehead atoms. The van der Waals surface area contributed by atoms with Gasteiger partial charge in [-0.15, -0.1) is 4.91 Å². The molecule has 5 aromatic rings. The first-order valence-electron chi connectivity index (χ1n) is 30.8. The predicted octanol–water partition coefficient (Wildman–Crippen LogP) is 12.0. The summed E-state index contributed by atoms with van der Waals surface area (Å²) in [5.74, 6) is 0.970. The van der Waals surface area contributed by atoms with Crippen LogP contribution in [0.2, 0.25) is 0 Å². The van der Waals surface area contributed by atoms with E-state index in [-0.39, 0.29) is 54.1 Å². The third-order valence-corrected chi connectivity index (χ3v) is 14.1. The number of amides is 3. The average Bonchev–Trinajstić information content (AvgIpc) is 3.73. The van der Waals surface area contributed by atoms with Gasteiger partial charge < -0.3 is 51.2 Å². The Labute approximate surface area is 531 Å². The molecule has 0 spiro atoms. The normalized spacial score (nSPS) is 12.5. The molecule has 1 heterocycles. The molecular formula is C65H90N14O12. The Morgan fingerprint density at radius 3 is 1.88 bits per heavy atom. The highest BCUT2D eigenvalue weighted by Crippen LogP contribution is 2.26. The van der Waals surface area contributed by atoms with Gasteiger partial charge in [0.15, 0.2) is 0 Å². The van der Waals surface area contributed by atoms with Crippen LogP contribution in [0.15, 0.2) is 157 Å². The smallest absolute Gasteiger partial charge is 0.407 e. The van der Waals surface area contributed by atoms with Gasteiger partial charge in [0.2, 0.25) is 5.69 Å². The van der Waals surface area contributed by atoms with E-state index in [4.69, 9.17) is 9.84 Å². The Bertz CT molecular complexity index is 3170. The highest BCUT2D eigenvalue weighted by Gasteiger charge is 2.17. The monoisotopic (exact) mass is 1260 g/mol. The molecule has 1 aliphatic carbocycles. The number of nitroso groups, excluding NO2 is 2. The molecular weight excluding hydrogens is 1170 g/mol. The summed E-state index contributed by atoms with van der Waals surface area (Å²) in [7, 11) is 0. The number of H-pyrrole nitrogens is 1. The number of non-ortho nitro benzene ring substituents is 1. The SMILES string of the molecule is CC(C)C1=CC(O)C=C(NC(=O)NCCCCCCN=O)C1.CCN(CCO)c1ccc(N=[NH+]c2ccc(N=O)cc2)cc1.CCN(CCOC(=O)NCCCCCCCC(=O)Cc1nc(C(C)C)cc(=O)[nH]1)c1ccc(N=Nc2ccc([N+](=O)[O-])cc2)cc1.[OH-]. The number of aromatic nitrogens is 2. The number of carbonyl (C=O) groups is 3. The minimum Gasteiger partial charge on any atom is -0.870 e. The number of anilines is 2. The molecule has 0 fully saturated rings. The minimum absolute atomic E-state index is 0. The number of nitro groups is 1. The second-order valence-corrected chi connectivity index (χ2v) is 21.7. The van der Waals surface area contributed by atoms with Crippen molar-refractivity contribution < 1.29 is 44.8 Å². The second kappa shape index (κ2) is 43.4. The molecule has 1 aromatic heterocycles. The number of nitrogens with zero attached hydrogens (tertiary/aromatic N) is 9. The zero-order chi connectivity index (χ0) is 65.5. The summed E-state index contributed by atoms with van der Waals surface area (Å²) in [6.45, 7) is 16.7. The Morgan fingerprint density at radius 2 is 1.31 bits per heavy atom. The summed E-state index contributed by atoms with van der Waals surface area (Å²) in [5, 5.41) is 59.1. The van der Waals surface area contributed by atoms with Crippen LogP contribution in [0.4, 0.5) is 55.1 Å². The molecule has 26 nitrogen and oxygen atoms in total. The van der Waals surface area contributed by atoms with Crippen LogP contribution >= 0.6 is 0 Å². The fraction of sp³-hybridized carbons (Fsp3) is 0.462. The molecule has 0 radical (unpaired) electrons. The number of alkyl carbamates (subject to hydrolysis) is 1. The van der Waals surface area contributed by atoms with Crippen LogP contribution < -0.4 is 36.4 Å². The maximum atomic E-state index is 12.3. The zero-order valence-corrected chi connectivity index (χ0v) is 53.1. The molecule has 0 saturated carbocycles. The van der Waals surface area contributed by atoms with Crippen LogP contribution in [0.1, 0.15) is 130 Å². The first kappa shape index (κ1) is 76.0. The summed E-state index contributed by atoms with van der Waals surface area (Å²) in [6.07, 6.45) is 11.7. The van der Waals surface area contributed by atoms with Crippen molar-refractivity contribution in [1.82, 2.24) is 25.9 Å². The number of likely N-dealkylation sites (N-methyl/N-ethyl adjacent to an activating group) is 2. The van der Waals surface area contributed by atoms with Crippen LogP contribution in [0.25, 0.3) is 0 Å². The number of unbranched alkanes of at least 4 members (excludes halogenated alkanes) is 7. The molecule has 26 heteroatoms. The van der Waals surface area contributed by atoms with E-state index < -0.39 is 17.1 Å². The largest absolute Gasteiger partial charge is 0.870 e. The summed E-state index contributed by atoms with van der Waals surface area (Å²) in [4.78, 5) is 89.8. The molecule has 4 aromatic carbocycles. The molecule has 1 unspecified atom stereocenters. The van der Waals surface area contributed by atoms with Gasteiger partial charge >= 0.3 is 12.1 Å². The summed E-state index contributed by atoms with van der Waals surface area (Å²) in [6, 6.07) is 29.1. The topological polar surface area (TPSA) is 372 Å². The van der Waals surface area contributed by atoms with E-state index in [1.807, 2.05) is 82.3 Å². The number of carbonyl (C=O) groups excluding carboxylic acids is 3. The third kappa shape index (κ3) is 30.7. The van der Waals surface area contributed by atoms with Crippen molar-refractivity contribution in [1.29, 1.82) is 0 Å². The lowest BCUT2D eigenvalue weighted by Crippen LogP contribution is -2.57. The molecule has 492 valence electrons. The van der Waals surface area contributed by atoms with E-state index in [0.29, 0.717) is 80.1 Å². The predicted molar refractivity (Wildman–Crippen MR) is 352 cm³/mol. The van der Waals surface area contributed by atoms with E-state index in [1.165, 1.54) is 30.3 Å². The van der Waals surface area contributed by atoms with Gasteiger partial charge in [-0.25, -0.2) is 14.6 Å². The van der Waals surface area contributed by atoms with Crippen LogP contribution in [0.5, 0.6) is 0 Å². The van der Waals surface area contributed by atoms with Gasteiger partial charge in [-0.05, 0) is 141 Å². The van der Waals surface area contributed by atoms with Crippen LogP contribution in [-0.4, -0.2) is 114 Å². The number of allylic oxidation sites excluding steroid dienone is 1. The number of aliphatic hydroxyl groups is 2. The molecule has 1 aliphatic rings. The fourth-order valence-electron chi connectivity index (χ4n) is 9.00. The van der Waals surface area contributed by atoms with Gasteiger partial charge in [-0.2, -0.15) is 15.1 Å². The minimum atomic E-state index is -0.632. The maximum absolute atomic E-state index is 12.3. The Kier molecular flexibility index (Phi) is 36.2. The van der Waals surface area contributed by atoms with Crippen LogP contribution in [-0.2, 0) is 16.0 Å². The third-order valence-electron chi connectivity index (χ3n) is 14.1. The van der Waals surface area contributed by atoms with Crippen LogP contribution in [0.3, 0.4) is 0 Å². The average molecular weight is 1260 g/mol. The van der Waals surface area contributed by atoms with Crippen molar-refractivity contribution in [2.24, 2.45) is 31.6 Å². The van der Waals surface area contributed by atoms with Crippen molar-refractivity contribution in [3.8, 4) is 0 Å². The van der Waals surface area contributed by atoms with Crippen molar-refractivity contribution in [2.75, 3.05) is 68.8 Å². The van der Waals surface area contributed by atoms with Crippen molar-refractivity contribution in [3.63, 3.8) is 0 Å². The van der Waals surface area contributed by atoms with Gasteiger partial charge in [-0.3, -0.25) is 19.7 Å². The van der Waals surface area contributed by atoms with E-state index in [2.05, 4.69) is 80.4 Å². The second-order valence-electron chi connectivity index (χ2n) is 21.7. The standard InChI is InChI=1S/C33H43N7O6.C16H18N4O2.C16H27N3O3.H2O/c1-4-39(27-15-11-25(12-16-27)37-38-26-13-17-28(18-14-26)40(44)45)20-21-46-33(43)34-19-9-7-5-6-8-10-29(41)22-31-35-30(24(2)3)23-32(42)36-31;1-2-20(11-12-21)16-9-7-14(8-10-16)18-17-13-3-5-15(19-22)6-4-13;1-12(2)13-9-14(11-15(20)10-13)19-16(21)17-7-5-3-4-6-8-18-22;/h11-18,23-24H,4-10,19-22H2,1-3H3,(H,34,43)(H,35,36,42);3-10,21H,2,11-12H2,1H3;10-12,15,20H,3-9H2,1-2H3,(H2,17,19,21);1H2. The number of urea groups is 1. The van der Waals surface area contributed by atoms with Crippen molar-refractivity contribution >= 4 is 63.4 Å². The van der Waals surface area contributed by atoms with Gasteiger partial charge in [0.05, 0.1) is 54.2 Å². The summed E-state index contributed by atoms with van der Waals surface area (Å²) >= 11 is 0. The van der Waals surface area contributed by atoms with E-state index >= 15 is 0 Å². The lowest BCUT2D eigenvalue weighted by Gasteiger charge is -2.23. The van der Waals surface area contributed by atoms with Gasteiger partial charge in [0.25, 0.3) is 11.2 Å². The van der Waals surface area contributed by atoms with E-state index in [0.717, 1.165) is 105 Å². The van der Waals surface area contributed by atoms with E-state index in [1.54, 1.807) is 30.3 Å². The number of ketones is 1. The maximum Gasteiger partial charge on any atom is 0.407 e. The number of ether oxygens (including phenoxy) is 1. The molecule has 3 amide bonds. The Balaban J connectivity index is 0.000000400. The lowest BCUT2D eigenvalue weighted by molar-refractivity contribution is -0.433. The number of aromatic amines is 1. The molecule has 0 saturated heterocycles. The first-order chi connectivity index (χ1) is 43.4. The first-order valence-corrected chi connectivity index (χ1v) is 30.8. The number of Topliss-reactive ketones (excluding diaryl/α,β-unsaturated/α-hetero) is 1. The quantitative estimate of drug-likeness (QED) is 0.00495. The number of nitrogens with one attached hydrogen (secondary N) is 5. The number of rotatable bonds is 35. The number of azo groups is 2. The van der Waals surface area contributed by atoms with Crippen molar-refractivity contribution in [3.05, 3.63) is 168 Å². The Hall–Kier alpha value is -9.27.